The molecule has 4 rings (SSSR count). The lowest BCUT2D eigenvalue weighted by Crippen LogP contribution is -2.24. The number of aryl methyl sites for hydroxylation is 2. The molecule has 2 heterocycles. The van der Waals surface area contributed by atoms with E-state index in [1.54, 1.807) is 16.3 Å². The Morgan fingerprint density at radius 2 is 1.93 bits per heavy atom. The second kappa shape index (κ2) is 8.92. The molecule has 2 aromatic carbocycles. The van der Waals surface area contributed by atoms with E-state index in [4.69, 9.17) is 4.74 Å². The molecule has 0 N–H and O–H groups in total. The average molecular weight is 423 g/mol. The summed E-state index contributed by atoms with van der Waals surface area (Å²) in [7, 11) is 0. The summed E-state index contributed by atoms with van der Waals surface area (Å²) in [5.74, 6) is 2.70. The number of rotatable bonds is 8. The van der Waals surface area contributed by atoms with Crippen LogP contribution in [-0.4, -0.2) is 31.5 Å². The minimum atomic E-state index is -0.00881. The van der Waals surface area contributed by atoms with Gasteiger partial charge in [0.25, 0.3) is 5.56 Å². The third kappa shape index (κ3) is 4.21. The van der Waals surface area contributed by atoms with Gasteiger partial charge in [-0.15, -0.1) is 10.2 Å². The number of ether oxygens (including phenoxy) is 1. The second-order valence-corrected chi connectivity index (χ2v) is 8.85. The van der Waals surface area contributed by atoms with Crippen molar-refractivity contribution in [2.75, 3.05) is 12.4 Å². The summed E-state index contributed by atoms with van der Waals surface area (Å²) in [6, 6.07) is 15.7. The summed E-state index contributed by atoms with van der Waals surface area (Å²) in [6.07, 6.45) is 0.910. The predicted octanol–water partition coefficient (Wildman–Crippen LogP) is 4.57. The van der Waals surface area contributed by atoms with Crippen LogP contribution in [0.2, 0.25) is 0 Å². The first-order valence-corrected chi connectivity index (χ1v) is 11.2. The number of para-hydroxylation sites is 1. The number of thioether (sulfide) groups is 1. The first kappa shape index (κ1) is 20.5. The number of nitrogens with zero attached hydrogens (tertiary/aromatic N) is 4. The molecule has 0 aliphatic carbocycles. The van der Waals surface area contributed by atoms with E-state index in [0.717, 1.165) is 28.6 Å². The molecule has 156 valence electrons. The molecule has 0 atom stereocenters. The van der Waals surface area contributed by atoms with Gasteiger partial charge in [-0.05, 0) is 49.1 Å². The Balaban J connectivity index is 1.62. The van der Waals surface area contributed by atoms with Gasteiger partial charge in [0.1, 0.15) is 5.75 Å². The monoisotopic (exact) mass is 422 g/mol. The molecule has 0 bridgehead atoms. The van der Waals surface area contributed by atoms with Crippen LogP contribution in [0.5, 0.6) is 5.75 Å². The minimum absolute atomic E-state index is 0.00881. The van der Waals surface area contributed by atoms with Gasteiger partial charge in [-0.25, -0.2) is 0 Å². The quantitative estimate of drug-likeness (QED) is 0.307. The maximum atomic E-state index is 13.1. The Bertz CT molecular complexity index is 1230. The largest absolute Gasteiger partial charge is 0.493 e. The van der Waals surface area contributed by atoms with Gasteiger partial charge >= 0.3 is 0 Å². The summed E-state index contributed by atoms with van der Waals surface area (Å²) in [5, 5.41) is 10.2. The molecule has 0 aliphatic rings. The van der Waals surface area contributed by atoms with Gasteiger partial charge in [0.2, 0.25) is 5.78 Å². The number of aromatic nitrogens is 4. The fourth-order valence-electron chi connectivity index (χ4n) is 3.41. The summed E-state index contributed by atoms with van der Waals surface area (Å²) < 4.78 is 9.61. The van der Waals surface area contributed by atoms with Crippen LogP contribution < -0.4 is 10.3 Å². The molecule has 0 amide bonds. The predicted molar refractivity (Wildman–Crippen MR) is 122 cm³/mol. The van der Waals surface area contributed by atoms with E-state index in [0.29, 0.717) is 30.2 Å². The van der Waals surface area contributed by atoms with Crippen molar-refractivity contribution in [1.82, 2.24) is 19.2 Å². The fraction of sp³-hybridized carbons (Fsp3) is 0.348. The van der Waals surface area contributed by atoms with Gasteiger partial charge in [0.15, 0.2) is 5.16 Å². The Labute approximate surface area is 179 Å². The molecule has 4 aromatic rings. The van der Waals surface area contributed by atoms with Crippen LogP contribution in [0.1, 0.15) is 25.8 Å². The van der Waals surface area contributed by atoms with Crippen molar-refractivity contribution in [1.29, 1.82) is 0 Å². The lowest BCUT2D eigenvalue weighted by atomic mass is 10.1. The van der Waals surface area contributed by atoms with E-state index in [2.05, 4.69) is 24.0 Å². The van der Waals surface area contributed by atoms with E-state index >= 15 is 0 Å². The first-order valence-electron chi connectivity index (χ1n) is 10.2. The van der Waals surface area contributed by atoms with Crippen LogP contribution in [0, 0.1) is 12.8 Å². The van der Waals surface area contributed by atoms with Crippen molar-refractivity contribution >= 4 is 28.4 Å². The molecule has 0 saturated heterocycles. The Morgan fingerprint density at radius 1 is 1.10 bits per heavy atom. The van der Waals surface area contributed by atoms with E-state index in [1.165, 1.54) is 5.56 Å². The molecule has 0 spiro atoms. The van der Waals surface area contributed by atoms with E-state index in [9.17, 15) is 4.79 Å². The molecule has 0 radical (unpaired) electrons. The van der Waals surface area contributed by atoms with Gasteiger partial charge in [0, 0.05) is 12.3 Å². The van der Waals surface area contributed by atoms with Crippen LogP contribution in [0.3, 0.4) is 0 Å². The summed E-state index contributed by atoms with van der Waals surface area (Å²) in [5.41, 5.74) is 2.00. The maximum Gasteiger partial charge on any atom is 0.262 e. The molecule has 0 aliphatic heterocycles. The molecule has 0 saturated carbocycles. The van der Waals surface area contributed by atoms with Gasteiger partial charge in [-0.2, -0.15) is 0 Å². The van der Waals surface area contributed by atoms with Crippen molar-refractivity contribution in [2.24, 2.45) is 5.92 Å². The summed E-state index contributed by atoms with van der Waals surface area (Å²) in [6.45, 7) is 7.55. The van der Waals surface area contributed by atoms with E-state index < -0.39 is 0 Å². The Hall–Kier alpha value is -2.80. The van der Waals surface area contributed by atoms with Crippen molar-refractivity contribution in [3.63, 3.8) is 0 Å². The first-order chi connectivity index (χ1) is 14.5. The van der Waals surface area contributed by atoms with Gasteiger partial charge < -0.3 is 4.74 Å². The number of hydrogen-bond donors (Lipinski definition) is 0. The molecule has 7 heteroatoms. The van der Waals surface area contributed by atoms with Crippen molar-refractivity contribution in [3.8, 4) is 5.75 Å². The molecule has 2 aromatic heterocycles. The van der Waals surface area contributed by atoms with Crippen LogP contribution in [0.4, 0.5) is 0 Å². The molecule has 0 fully saturated rings. The lowest BCUT2D eigenvalue weighted by molar-refractivity contribution is 0.343. The average Bonchev–Trinajstić information content (AvgIpc) is 3.15. The van der Waals surface area contributed by atoms with Crippen LogP contribution in [0.15, 0.2) is 58.5 Å². The number of benzene rings is 2. The van der Waals surface area contributed by atoms with Crippen molar-refractivity contribution in [3.05, 3.63) is 64.4 Å². The highest BCUT2D eigenvalue weighted by Gasteiger charge is 2.16. The van der Waals surface area contributed by atoms with Gasteiger partial charge in [-0.1, -0.05) is 49.9 Å². The normalized spacial score (nSPS) is 11.6. The van der Waals surface area contributed by atoms with Gasteiger partial charge in [-0.3, -0.25) is 13.8 Å². The van der Waals surface area contributed by atoms with E-state index in [-0.39, 0.29) is 5.56 Å². The van der Waals surface area contributed by atoms with Crippen molar-refractivity contribution in [2.45, 2.75) is 38.9 Å². The molecule has 6 nitrogen and oxygen atoms in total. The van der Waals surface area contributed by atoms with Crippen LogP contribution >= 0.6 is 11.8 Å². The minimum Gasteiger partial charge on any atom is -0.493 e. The molecular weight excluding hydrogens is 396 g/mol. The molecule has 0 unspecified atom stereocenters. The Kier molecular flexibility index (Phi) is 6.08. The smallest absolute Gasteiger partial charge is 0.262 e. The third-order valence-electron chi connectivity index (χ3n) is 4.98. The zero-order valence-electron chi connectivity index (χ0n) is 17.5. The zero-order valence-corrected chi connectivity index (χ0v) is 18.4. The highest BCUT2D eigenvalue weighted by Crippen LogP contribution is 2.22. The SMILES string of the molecule is Cc1cccc(OCCSc2nnc3n(CCC(C)C)c(=O)c4ccccc4n23)c1. The standard InChI is InChI=1S/C23H26N4O2S/c1-16(2)11-12-26-21(28)19-9-4-5-10-20(19)27-22(26)24-25-23(27)30-14-13-29-18-8-6-7-17(3)15-18/h4-10,15-16H,11-14H2,1-3H3. The second-order valence-electron chi connectivity index (χ2n) is 7.79. The van der Waals surface area contributed by atoms with Crippen LogP contribution in [0.25, 0.3) is 16.7 Å². The number of hydrogen-bond acceptors (Lipinski definition) is 5. The molecule has 30 heavy (non-hydrogen) atoms. The van der Waals surface area contributed by atoms with Gasteiger partial charge in [0.05, 0.1) is 17.5 Å². The van der Waals surface area contributed by atoms with Crippen LogP contribution in [-0.2, 0) is 6.54 Å². The Morgan fingerprint density at radius 3 is 2.73 bits per heavy atom. The fourth-order valence-corrected chi connectivity index (χ4v) is 4.17. The lowest BCUT2D eigenvalue weighted by Gasteiger charge is -2.12. The highest BCUT2D eigenvalue weighted by atomic mass is 32.2. The number of fused-ring (bicyclic) bond motifs is 3. The topological polar surface area (TPSA) is 61.4 Å². The zero-order chi connectivity index (χ0) is 21.1. The summed E-state index contributed by atoms with van der Waals surface area (Å²) in [4.78, 5) is 13.1. The maximum absolute atomic E-state index is 13.1. The third-order valence-corrected chi connectivity index (χ3v) is 5.87. The van der Waals surface area contributed by atoms with E-state index in [1.807, 2.05) is 59.9 Å². The van der Waals surface area contributed by atoms with Crippen molar-refractivity contribution < 1.29 is 4.74 Å². The summed E-state index contributed by atoms with van der Waals surface area (Å²) >= 11 is 1.58. The molecular formula is C23H26N4O2S. The highest BCUT2D eigenvalue weighted by molar-refractivity contribution is 7.99.